The summed E-state index contributed by atoms with van der Waals surface area (Å²) in [6.07, 6.45) is 4.46. The summed E-state index contributed by atoms with van der Waals surface area (Å²) < 4.78 is 0. The molecule has 1 aliphatic rings. The van der Waals surface area contributed by atoms with Gasteiger partial charge in [-0.3, -0.25) is 4.79 Å². The predicted molar refractivity (Wildman–Crippen MR) is 55.6 cm³/mol. The first-order valence-corrected chi connectivity index (χ1v) is 5.30. The Bertz CT molecular complexity index is 275. The molecule has 0 aromatic rings. The summed E-state index contributed by atoms with van der Waals surface area (Å²) in [6.45, 7) is 5.97. The molecule has 0 saturated heterocycles. The molecule has 1 unspecified atom stereocenters. The van der Waals surface area contributed by atoms with Crippen LogP contribution in [0.15, 0.2) is 0 Å². The lowest BCUT2D eigenvalue weighted by atomic mass is 9.62. The van der Waals surface area contributed by atoms with Crippen LogP contribution in [0.25, 0.3) is 0 Å². The predicted octanol–water partition coefficient (Wildman–Crippen LogP) is 3.08. The Labute approximate surface area is 86.3 Å². The topological polar surface area (TPSA) is 40.9 Å². The van der Waals surface area contributed by atoms with Gasteiger partial charge in [0.2, 0.25) is 0 Å². The summed E-state index contributed by atoms with van der Waals surface area (Å²) in [7, 11) is 0. The Hall–Kier alpha value is -0.840. The van der Waals surface area contributed by atoms with Crippen LogP contribution in [-0.2, 0) is 4.79 Å². The number of carbonyl (C=O) groups is 1. The van der Waals surface area contributed by atoms with Crippen molar-refractivity contribution in [1.82, 2.24) is 0 Å². The number of hydrogen-bond acceptors (Lipinski definition) is 2. The standard InChI is InChI=1S/C12H19NO/c1-10(14)7-12(9-13)6-4-5-11(2,3)8-12/h4-8H2,1-3H3. The minimum Gasteiger partial charge on any atom is -0.300 e. The summed E-state index contributed by atoms with van der Waals surface area (Å²) in [4.78, 5) is 11.1. The number of ketones is 1. The molecule has 14 heavy (non-hydrogen) atoms. The van der Waals surface area contributed by atoms with Crippen LogP contribution >= 0.6 is 0 Å². The molecule has 1 rings (SSSR count). The second-order valence-corrected chi connectivity index (χ2v) is 5.47. The number of rotatable bonds is 2. The fourth-order valence-corrected chi connectivity index (χ4v) is 2.76. The van der Waals surface area contributed by atoms with Crippen molar-refractivity contribution >= 4 is 5.78 Å². The molecule has 0 bridgehead atoms. The molecule has 2 heteroatoms. The van der Waals surface area contributed by atoms with Crippen molar-refractivity contribution in [3.8, 4) is 6.07 Å². The molecule has 0 aliphatic heterocycles. The Morgan fingerprint density at radius 3 is 2.50 bits per heavy atom. The van der Waals surface area contributed by atoms with Crippen LogP contribution in [0.2, 0.25) is 0 Å². The van der Waals surface area contributed by atoms with Crippen LogP contribution in [0.5, 0.6) is 0 Å². The van der Waals surface area contributed by atoms with Gasteiger partial charge in [0.05, 0.1) is 11.5 Å². The molecule has 1 saturated carbocycles. The van der Waals surface area contributed by atoms with Crippen molar-refractivity contribution in [2.45, 2.75) is 52.9 Å². The summed E-state index contributed by atoms with van der Waals surface area (Å²) in [6, 6.07) is 2.38. The van der Waals surface area contributed by atoms with Crippen molar-refractivity contribution in [2.24, 2.45) is 10.8 Å². The van der Waals surface area contributed by atoms with Gasteiger partial charge in [0.1, 0.15) is 5.78 Å². The third kappa shape index (κ3) is 2.57. The van der Waals surface area contributed by atoms with Crippen LogP contribution in [0, 0.1) is 22.2 Å². The van der Waals surface area contributed by atoms with E-state index in [0.717, 1.165) is 19.3 Å². The highest BCUT2D eigenvalue weighted by molar-refractivity contribution is 5.76. The zero-order chi connectivity index (χ0) is 10.8. The van der Waals surface area contributed by atoms with E-state index in [4.69, 9.17) is 0 Å². The Morgan fingerprint density at radius 1 is 1.43 bits per heavy atom. The zero-order valence-electron chi connectivity index (χ0n) is 9.39. The van der Waals surface area contributed by atoms with Gasteiger partial charge in [-0.1, -0.05) is 20.3 Å². The molecule has 78 valence electrons. The van der Waals surface area contributed by atoms with Crippen LogP contribution in [0.1, 0.15) is 52.9 Å². The van der Waals surface area contributed by atoms with E-state index in [2.05, 4.69) is 19.9 Å². The number of hydrogen-bond donors (Lipinski definition) is 0. The first-order chi connectivity index (χ1) is 6.39. The van der Waals surface area contributed by atoms with E-state index >= 15 is 0 Å². The van der Waals surface area contributed by atoms with E-state index in [1.807, 2.05) is 0 Å². The van der Waals surface area contributed by atoms with E-state index in [0.29, 0.717) is 6.42 Å². The first-order valence-electron chi connectivity index (χ1n) is 5.30. The molecule has 1 fully saturated rings. The highest BCUT2D eigenvalue weighted by Gasteiger charge is 2.40. The molecule has 1 atom stereocenters. The maximum Gasteiger partial charge on any atom is 0.131 e. The van der Waals surface area contributed by atoms with Gasteiger partial charge in [-0.05, 0) is 31.6 Å². The van der Waals surface area contributed by atoms with Gasteiger partial charge in [0.15, 0.2) is 0 Å². The second-order valence-electron chi connectivity index (χ2n) is 5.47. The van der Waals surface area contributed by atoms with Crippen molar-refractivity contribution in [3.05, 3.63) is 0 Å². The molecule has 0 aromatic carbocycles. The third-order valence-electron chi connectivity index (χ3n) is 3.15. The summed E-state index contributed by atoms with van der Waals surface area (Å²) >= 11 is 0. The quantitative estimate of drug-likeness (QED) is 0.676. The smallest absolute Gasteiger partial charge is 0.131 e. The second kappa shape index (κ2) is 3.73. The fourth-order valence-electron chi connectivity index (χ4n) is 2.76. The number of nitrogens with zero attached hydrogens (tertiary/aromatic N) is 1. The van der Waals surface area contributed by atoms with Gasteiger partial charge in [-0.15, -0.1) is 0 Å². The number of carbonyl (C=O) groups excluding carboxylic acids is 1. The van der Waals surface area contributed by atoms with Crippen LogP contribution < -0.4 is 0 Å². The molecule has 0 radical (unpaired) electrons. The molecule has 0 amide bonds. The Morgan fingerprint density at radius 2 is 2.07 bits per heavy atom. The average Bonchev–Trinajstić information content (AvgIpc) is 2.01. The zero-order valence-corrected chi connectivity index (χ0v) is 9.39. The van der Waals surface area contributed by atoms with Gasteiger partial charge in [-0.2, -0.15) is 5.26 Å². The van der Waals surface area contributed by atoms with Crippen LogP contribution in [0.3, 0.4) is 0 Å². The van der Waals surface area contributed by atoms with Gasteiger partial charge >= 0.3 is 0 Å². The van der Waals surface area contributed by atoms with Gasteiger partial charge in [0.25, 0.3) is 0 Å². The summed E-state index contributed by atoms with van der Waals surface area (Å²) in [5.74, 6) is 0.143. The molecule has 0 aromatic heterocycles. The maximum absolute atomic E-state index is 11.1. The largest absolute Gasteiger partial charge is 0.300 e. The van der Waals surface area contributed by atoms with Gasteiger partial charge in [-0.25, -0.2) is 0 Å². The van der Waals surface area contributed by atoms with Crippen LogP contribution in [0.4, 0.5) is 0 Å². The number of nitriles is 1. The van der Waals surface area contributed by atoms with Crippen LogP contribution in [-0.4, -0.2) is 5.78 Å². The summed E-state index contributed by atoms with van der Waals surface area (Å²) in [5.41, 5.74) is -0.142. The first kappa shape index (κ1) is 11.2. The summed E-state index contributed by atoms with van der Waals surface area (Å²) in [5, 5.41) is 9.22. The molecular formula is C12H19NO. The van der Waals surface area contributed by atoms with Crippen molar-refractivity contribution in [3.63, 3.8) is 0 Å². The normalized spacial score (nSPS) is 30.7. The SMILES string of the molecule is CC(=O)CC1(C#N)CCCC(C)(C)C1. The molecule has 0 spiro atoms. The van der Waals surface area contributed by atoms with Crippen molar-refractivity contribution < 1.29 is 4.79 Å². The molecule has 1 aliphatic carbocycles. The molecule has 0 N–H and O–H groups in total. The van der Waals surface area contributed by atoms with Crippen molar-refractivity contribution in [1.29, 1.82) is 5.26 Å². The van der Waals surface area contributed by atoms with Gasteiger partial charge in [0, 0.05) is 6.42 Å². The highest BCUT2D eigenvalue weighted by atomic mass is 16.1. The Balaban J connectivity index is 2.80. The van der Waals surface area contributed by atoms with Gasteiger partial charge < -0.3 is 0 Å². The van der Waals surface area contributed by atoms with E-state index < -0.39 is 0 Å². The minimum absolute atomic E-state index is 0.143. The number of Topliss-reactive ketones (excluding diaryl/α,β-unsaturated/α-hetero) is 1. The minimum atomic E-state index is -0.367. The fraction of sp³-hybridized carbons (Fsp3) is 0.833. The lowest BCUT2D eigenvalue weighted by Gasteiger charge is -2.40. The molecular weight excluding hydrogens is 174 g/mol. The maximum atomic E-state index is 11.1. The monoisotopic (exact) mass is 193 g/mol. The lowest BCUT2D eigenvalue weighted by molar-refractivity contribution is -0.119. The molecule has 0 heterocycles. The van der Waals surface area contributed by atoms with E-state index in [-0.39, 0.29) is 16.6 Å². The average molecular weight is 193 g/mol. The highest BCUT2D eigenvalue weighted by Crippen LogP contribution is 2.47. The van der Waals surface area contributed by atoms with E-state index in [1.165, 1.54) is 6.42 Å². The van der Waals surface area contributed by atoms with Crippen molar-refractivity contribution in [2.75, 3.05) is 0 Å². The molecule has 2 nitrogen and oxygen atoms in total. The lowest BCUT2D eigenvalue weighted by Crippen LogP contribution is -2.33. The van der Waals surface area contributed by atoms with E-state index in [9.17, 15) is 10.1 Å². The van der Waals surface area contributed by atoms with E-state index in [1.54, 1.807) is 6.92 Å². The Kier molecular flexibility index (Phi) is 2.99. The third-order valence-corrected chi connectivity index (χ3v) is 3.15.